The second-order valence-electron chi connectivity index (χ2n) is 4.95. The SMILES string of the molecule is OCC1CCCCC1NCc1ccc(F)cc1Cl. The Labute approximate surface area is 112 Å². The fourth-order valence-electron chi connectivity index (χ4n) is 2.60. The summed E-state index contributed by atoms with van der Waals surface area (Å²) in [5, 5.41) is 13.2. The predicted molar refractivity (Wildman–Crippen MR) is 71.1 cm³/mol. The molecule has 1 aliphatic rings. The van der Waals surface area contributed by atoms with E-state index in [1.807, 2.05) is 0 Å². The molecule has 100 valence electrons. The number of hydrogen-bond donors (Lipinski definition) is 2. The zero-order chi connectivity index (χ0) is 13.0. The summed E-state index contributed by atoms with van der Waals surface area (Å²) in [7, 11) is 0. The van der Waals surface area contributed by atoms with E-state index < -0.39 is 0 Å². The van der Waals surface area contributed by atoms with Crippen LogP contribution in [0, 0.1) is 11.7 Å². The molecule has 0 aromatic heterocycles. The topological polar surface area (TPSA) is 32.3 Å². The number of rotatable bonds is 4. The lowest BCUT2D eigenvalue weighted by molar-refractivity contribution is 0.152. The predicted octanol–water partition coefficient (Wildman–Crippen LogP) is 3.12. The average molecular weight is 272 g/mol. The lowest BCUT2D eigenvalue weighted by Gasteiger charge is -2.31. The van der Waals surface area contributed by atoms with Crippen LogP contribution in [0.2, 0.25) is 5.02 Å². The summed E-state index contributed by atoms with van der Waals surface area (Å²) in [6.07, 6.45) is 4.56. The molecule has 0 radical (unpaired) electrons. The molecule has 0 aliphatic heterocycles. The van der Waals surface area contributed by atoms with Gasteiger partial charge in [-0.05, 0) is 36.5 Å². The third-order valence-electron chi connectivity index (χ3n) is 3.71. The number of aliphatic hydroxyl groups excluding tert-OH is 1. The molecule has 1 aliphatic carbocycles. The van der Waals surface area contributed by atoms with Crippen LogP contribution in [0.1, 0.15) is 31.2 Å². The first-order valence-corrected chi connectivity index (χ1v) is 6.86. The van der Waals surface area contributed by atoms with E-state index in [1.54, 1.807) is 6.07 Å². The first-order valence-electron chi connectivity index (χ1n) is 6.49. The maximum atomic E-state index is 12.9. The van der Waals surface area contributed by atoms with Crippen LogP contribution in [0.5, 0.6) is 0 Å². The minimum absolute atomic E-state index is 0.231. The average Bonchev–Trinajstić information content (AvgIpc) is 2.38. The van der Waals surface area contributed by atoms with Crippen LogP contribution in [-0.2, 0) is 6.54 Å². The van der Waals surface area contributed by atoms with Crippen molar-refractivity contribution in [1.29, 1.82) is 0 Å². The summed E-state index contributed by atoms with van der Waals surface area (Å²) >= 11 is 5.99. The number of hydrogen-bond acceptors (Lipinski definition) is 2. The van der Waals surface area contributed by atoms with Crippen molar-refractivity contribution in [3.05, 3.63) is 34.6 Å². The molecule has 2 nitrogen and oxygen atoms in total. The highest BCUT2D eigenvalue weighted by atomic mass is 35.5. The monoisotopic (exact) mass is 271 g/mol. The number of nitrogens with one attached hydrogen (secondary N) is 1. The van der Waals surface area contributed by atoms with E-state index in [1.165, 1.54) is 25.0 Å². The minimum Gasteiger partial charge on any atom is -0.396 e. The van der Waals surface area contributed by atoms with Crippen LogP contribution >= 0.6 is 11.6 Å². The van der Waals surface area contributed by atoms with Crippen molar-refractivity contribution in [1.82, 2.24) is 5.32 Å². The summed E-state index contributed by atoms with van der Waals surface area (Å²) in [5.74, 6) is 0.0209. The zero-order valence-electron chi connectivity index (χ0n) is 10.3. The van der Waals surface area contributed by atoms with E-state index in [4.69, 9.17) is 11.6 Å². The van der Waals surface area contributed by atoms with Gasteiger partial charge >= 0.3 is 0 Å². The molecule has 0 bridgehead atoms. The van der Waals surface area contributed by atoms with E-state index >= 15 is 0 Å². The molecule has 0 heterocycles. The summed E-state index contributed by atoms with van der Waals surface area (Å²) in [5.41, 5.74) is 0.903. The number of benzene rings is 1. The van der Waals surface area contributed by atoms with Gasteiger partial charge in [0.15, 0.2) is 0 Å². The normalized spacial score (nSPS) is 24.2. The van der Waals surface area contributed by atoms with Gasteiger partial charge in [-0.25, -0.2) is 4.39 Å². The van der Waals surface area contributed by atoms with Crippen LogP contribution < -0.4 is 5.32 Å². The summed E-state index contributed by atoms with van der Waals surface area (Å²) in [6.45, 7) is 0.856. The van der Waals surface area contributed by atoms with Crippen LogP contribution in [0.4, 0.5) is 4.39 Å². The Morgan fingerprint density at radius 3 is 2.83 bits per heavy atom. The summed E-state index contributed by atoms with van der Waals surface area (Å²) < 4.78 is 12.9. The second-order valence-corrected chi connectivity index (χ2v) is 5.36. The van der Waals surface area contributed by atoms with Gasteiger partial charge < -0.3 is 10.4 Å². The smallest absolute Gasteiger partial charge is 0.124 e. The molecular weight excluding hydrogens is 253 g/mol. The van der Waals surface area contributed by atoms with Crippen LogP contribution in [0.15, 0.2) is 18.2 Å². The van der Waals surface area contributed by atoms with E-state index in [9.17, 15) is 9.50 Å². The largest absolute Gasteiger partial charge is 0.396 e. The highest BCUT2D eigenvalue weighted by molar-refractivity contribution is 6.31. The van der Waals surface area contributed by atoms with Crippen molar-refractivity contribution < 1.29 is 9.50 Å². The fraction of sp³-hybridized carbons (Fsp3) is 0.571. The molecule has 0 spiro atoms. The molecule has 2 N–H and O–H groups in total. The molecule has 0 saturated heterocycles. The van der Waals surface area contributed by atoms with Gasteiger partial charge in [-0.2, -0.15) is 0 Å². The molecular formula is C14H19ClFNO. The van der Waals surface area contributed by atoms with Crippen molar-refractivity contribution in [3.63, 3.8) is 0 Å². The van der Waals surface area contributed by atoms with Gasteiger partial charge in [0.1, 0.15) is 5.82 Å². The Morgan fingerprint density at radius 1 is 1.33 bits per heavy atom. The molecule has 1 aromatic carbocycles. The number of aliphatic hydroxyl groups is 1. The molecule has 1 aromatic rings. The summed E-state index contributed by atoms with van der Waals surface area (Å²) in [6, 6.07) is 4.81. The molecule has 2 rings (SSSR count). The van der Waals surface area contributed by atoms with Crippen molar-refractivity contribution in [2.24, 2.45) is 5.92 Å². The molecule has 1 saturated carbocycles. The van der Waals surface area contributed by atoms with E-state index in [-0.39, 0.29) is 12.4 Å². The lowest BCUT2D eigenvalue weighted by Crippen LogP contribution is -2.39. The van der Waals surface area contributed by atoms with Gasteiger partial charge in [0.25, 0.3) is 0 Å². The first-order chi connectivity index (χ1) is 8.70. The maximum Gasteiger partial charge on any atom is 0.124 e. The molecule has 4 heteroatoms. The highest BCUT2D eigenvalue weighted by Crippen LogP contribution is 2.25. The van der Waals surface area contributed by atoms with Crippen molar-refractivity contribution in [3.8, 4) is 0 Å². The van der Waals surface area contributed by atoms with Crippen molar-refractivity contribution in [2.45, 2.75) is 38.3 Å². The molecule has 1 fully saturated rings. The standard InChI is InChI=1S/C14H19ClFNO/c15-13-7-12(16)6-5-10(13)8-17-14-4-2-1-3-11(14)9-18/h5-7,11,14,17-18H,1-4,8-9H2. The van der Waals surface area contributed by atoms with Crippen LogP contribution in [-0.4, -0.2) is 17.8 Å². The molecule has 18 heavy (non-hydrogen) atoms. The Balaban J connectivity index is 1.93. The second kappa shape index (κ2) is 6.50. The van der Waals surface area contributed by atoms with Crippen molar-refractivity contribution >= 4 is 11.6 Å². The quantitative estimate of drug-likeness (QED) is 0.882. The number of halogens is 2. The van der Waals surface area contributed by atoms with E-state index in [2.05, 4.69) is 5.32 Å². The van der Waals surface area contributed by atoms with Crippen molar-refractivity contribution in [2.75, 3.05) is 6.61 Å². The van der Waals surface area contributed by atoms with Gasteiger partial charge in [-0.3, -0.25) is 0 Å². The summed E-state index contributed by atoms with van der Waals surface area (Å²) in [4.78, 5) is 0. The molecule has 2 unspecified atom stereocenters. The van der Waals surface area contributed by atoms with Gasteiger partial charge in [-0.1, -0.05) is 30.5 Å². The van der Waals surface area contributed by atoms with E-state index in [0.717, 1.165) is 18.4 Å². The Kier molecular flexibility index (Phi) is 4.98. The first kappa shape index (κ1) is 13.8. The maximum absolute atomic E-state index is 12.9. The zero-order valence-corrected chi connectivity index (χ0v) is 11.1. The molecule has 0 amide bonds. The van der Waals surface area contributed by atoms with Gasteiger partial charge in [-0.15, -0.1) is 0 Å². The van der Waals surface area contributed by atoms with Gasteiger partial charge in [0, 0.05) is 24.2 Å². The lowest BCUT2D eigenvalue weighted by atomic mass is 9.85. The fourth-order valence-corrected chi connectivity index (χ4v) is 2.84. The van der Waals surface area contributed by atoms with Gasteiger partial charge in [0.2, 0.25) is 0 Å². The van der Waals surface area contributed by atoms with E-state index in [0.29, 0.717) is 23.5 Å². The Bertz CT molecular complexity index is 399. The molecule has 2 atom stereocenters. The van der Waals surface area contributed by atoms with Crippen LogP contribution in [0.3, 0.4) is 0 Å². The Hall–Kier alpha value is -0.640. The third kappa shape index (κ3) is 3.44. The minimum atomic E-state index is -0.311. The van der Waals surface area contributed by atoms with Crippen LogP contribution in [0.25, 0.3) is 0 Å². The Morgan fingerprint density at radius 2 is 2.11 bits per heavy atom. The highest BCUT2D eigenvalue weighted by Gasteiger charge is 2.23. The third-order valence-corrected chi connectivity index (χ3v) is 4.07. The van der Waals surface area contributed by atoms with Gasteiger partial charge in [0.05, 0.1) is 0 Å².